The van der Waals surface area contributed by atoms with Crippen molar-refractivity contribution in [3.05, 3.63) is 22.7 Å². The number of hydrogen-bond donors (Lipinski definition) is 0. The minimum Gasteiger partial charge on any atom is -0.361 e. The van der Waals surface area contributed by atoms with Crippen LogP contribution in [0.15, 0.2) is 22.7 Å². The number of fused-ring (bicyclic) bond motifs is 1. The smallest absolute Gasteiger partial charge is 0.108 e. The van der Waals surface area contributed by atoms with Crippen molar-refractivity contribution in [2.24, 2.45) is 0 Å². The Morgan fingerprint density at radius 1 is 1.50 bits per heavy atom. The fourth-order valence-electron chi connectivity index (χ4n) is 0.824. The van der Waals surface area contributed by atoms with Crippen LogP contribution in [0.3, 0.4) is 0 Å². The average molecular weight is 173 g/mol. The van der Waals surface area contributed by atoms with Crippen LogP contribution < -0.4 is 0 Å². The summed E-state index contributed by atoms with van der Waals surface area (Å²) in [7, 11) is 0. The molecule has 1 aliphatic heterocycles. The predicted octanol–water partition coefficient (Wildman–Crippen LogP) is 1.60. The van der Waals surface area contributed by atoms with Crippen LogP contribution in [0.5, 0.6) is 0 Å². The van der Waals surface area contributed by atoms with Crippen molar-refractivity contribution in [2.75, 3.05) is 0 Å². The number of halogens is 1. The van der Waals surface area contributed by atoms with E-state index in [-0.39, 0.29) is 0 Å². The van der Waals surface area contributed by atoms with Crippen molar-refractivity contribution in [3.8, 4) is 0 Å². The summed E-state index contributed by atoms with van der Waals surface area (Å²) in [5, 5.41) is 0. The fraction of sp³-hybridized carbons (Fsp3) is 0.333. The van der Waals surface area contributed by atoms with E-state index in [0.29, 0.717) is 12.2 Å². The Bertz CT molecular complexity index is 171. The molecule has 8 heavy (non-hydrogen) atoms. The first-order valence-electron chi connectivity index (χ1n) is 2.57. The molecule has 0 radical (unpaired) electrons. The van der Waals surface area contributed by atoms with E-state index in [1.54, 1.807) is 0 Å². The quantitative estimate of drug-likeness (QED) is 0.507. The molecule has 2 atom stereocenters. The lowest BCUT2D eigenvalue weighted by atomic mass is 10.2. The highest BCUT2D eigenvalue weighted by molar-refractivity contribution is 9.11. The van der Waals surface area contributed by atoms with Gasteiger partial charge in [-0.15, -0.1) is 0 Å². The van der Waals surface area contributed by atoms with Crippen LogP contribution in [0.1, 0.15) is 0 Å². The second-order valence-corrected chi connectivity index (χ2v) is 2.89. The highest BCUT2D eigenvalue weighted by Crippen LogP contribution is 2.31. The molecule has 0 aromatic carbocycles. The minimum absolute atomic E-state index is 0.384. The van der Waals surface area contributed by atoms with Gasteiger partial charge in [-0.05, 0) is 12.2 Å². The summed E-state index contributed by atoms with van der Waals surface area (Å²) in [6.07, 6.45) is 6.94. The molecule has 2 unspecified atom stereocenters. The number of rotatable bonds is 0. The maximum absolute atomic E-state index is 5.16. The number of ether oxygens (including phenoxy) is 1. The van der Waals surface area contributed by atoms with Crippen molar-refractivity contribution in [2.45, 2.75) is 12.2 Å². The Kier molecular flexibility index (Phi) is 0.866. The monoisotopic (exact) mass is 172 g/mol. The third-order valence-corrected chi connectivity index (χ3v) is 1.86. The van der Waals surface area contributed by atoms with E-state index in [1.165, 1.54) is 0 Å². The highest BCUT2D eigenvalue weighted by Gasteiger charge is 2.36. The van der Waals surface area contributed by atoms with Gasteiger partial charge in [0, 0.05) is 4.48 Å². The van der Waals surface area contributed by atoms with E-state index < -0.39 is 0 Å². The summed E-state index contributed by atoms with van der Waals surface area (Å²) in [4.78, 5) is 0. The zero-order valence-corrected chi connectivity index (χ0v) is 5.76. The maximum atomic E-state index is 5.16. The van der Waals surface area contributed by atoms with E-state index >= 15 is 0 Å². The van der Waals surface area contributed by atoms with Gasteiger partial charge in [0.2, 0.25) is 0 Å². The van der Waals surface area contributed by atoms with Crippen LogP contribution in [0.25, 0.3) is 0 Å². The molecule has 0 amide bonds. The van der Waals surface area contributed by atoms with Crippen molar-refractivity contribution in [1.82, 2.24) is 0 Å². The van der Waals surface area contributed by atoms with E-state index in [9.17, 15) is 0 Å². The van der Waals surface area contributed by atoms with Crippen LogP contribution in [0.2, 0.25) is 0 Å². The third-order valence-electron chi connectivity index (χ3n) is 1.33. The first kappa shape index (κ1) is 4.77. The summed E-state index contributed by atoms with van der Waals surface area (Å²) in [5.41, 5.74) is 0. The Hall–Kier alpha value is -0.0800. The molecule has 1 aliphatic carbocycles. The Morgan fingerprint density at radius 3 is 3.00 bits per heavy atom. The molecule has 0 aromatic rings. The molecule has 1 fully saturated rings. The molecule has 1 saturated heterocycles. The van der Waals surface area contributed by atoms with Gasteiger partial charge in [0.15, 0.2) is 0 Å². The van der Waals surface area contributed by atoms with Crippen molar-refractivity contribution < 1.29 is 4.74 Å². The average Bonchev–Trinajstić information content (AvgIpc) is 2.43. The van der Waals surface area contributed by atoms with Crippen LogP contribution in [0, 0.1) is 0 Å². The first-order chi connectivity index (χ1) is 3.86. The molecule has 2 aliphatic rings. The molecule has 1 heterocycles. The lowest BCUT2D eigenvalue weighted by Gasteiger charge is -1.90. The Balaban J connectivity index is 2.28. The molecule has 2 heteroatoms. The van der Waals surface area contributed by atoms with Gasteiger partial charge in [-0.3, -0.25) is 0 Å². The summed E-state index contributed by atoms with van der Waals surface area (Å²) in [6, 6.07) is 0. The van der Waals surface area contributed by atoms with Gasteiger partial charge >= 0.3 is 0 Å². The highest BCUT2D eigenvalue weighted by atomic mass is 79.9. The molecule has 0 N–H and O–H groups in total. The number of hydrogen-bond acceptors (Lipinski definition) is 1. The lowest BCUT2D eigenvalue weighted by molar-refractivity contribution is 0.414. The zero-order valence-electron chi connectivity index (χ0n) is 4.17. The number of allylic oxidation sites excluding steroid dienone is 2. The molecular formula is C6H5BrO. The Morgan fingerprint density at radius 2 is 2.38 bits per heavy atom. The summed E-state index contributed by atoms with van der Waals surface area (Å²) < 4.78 is 6.29. The third kappa shape index (κ3) is 0.644. The van der Waals surface area contributed by atoms with Crippen molar-refractivity contribution in [3.63, 3.8) is 0 Å². The van der Waals surface area contributed by atoms with Crippen LogP contribution in [-0.2, 0) is 4.74 Å². The van der Waals surface area contributed by atoms with Crippen LogP contribution in [-0.4, -0.2) is 12.2 Å². The van der Waals surface area contributed by atoms with E-state index in [0.717, 1.165) is 4.48 Å². The molecule has 0 aromatic heterocycles. The predicted molar refractivity (Wildman–Crippen MR) is 34.8 cm³/mol. The van der Waals surface area contributed by atoms with E-state index in [4.69, 9.17) is 4.74 Å². The standard InChI is InChI=1S/C6H5BrO/c7-4-1-2-5-6(3-4)8-5/h1-3,5-6H. The van der Waals surface area contributed by atoms with Gasteiger partial charge in [0.05, 0.1) is 0 Å². The molecule has 0 bridgehead atoms. The summed E-state index contributed by atoms with van der Waals surface area (Å²) in [5.74, 6) is 0. The minimum atomic E-state index is 0.384. The van der Waals surface area contributed by atoms with Gasteiger partial charge in [0.25, 0.3) is 0 Å². The SMILES string of the molecule is BrC1=CC2OC2C=C1. The Labute approximate surface area is 56.2 Å². The van der Waals surface area contributed by atoms with Gasteiger partial charge in [-0.2, -0.15) is 0 Å². The van der Waals surface area contributed by atoms with Gasteiger partial charge in [-0.1, -0.05) is 22.0 Å². The van der Waals surface area contributed by atoms with E-state index in [2.05, 4.69) is 28.1 Å². The van der Waals surface area contributed by atoms with Gasteiger partial charge in [0.1, 0.15) is 12.2 Å². The van der Waals surface area contributed by atoms with Gasteiger partial charge in [-0.25, -0.2) is 0 Å². The second kappa shape index (κ2) is 1.45. The molecular weight excluding hydrogens is 168 g/mol. The molecule has 1 nitrogen and oxygen atoms in total. The molecule has 0 spiro atoms. The van der Waals surface area contributed by atoms with Gasteiger partial charge < -0.3 is 4.74 Å². The molecule has 2 rings (SSSR count). The summed E-state index contributed by atoms with van der Waals surface area (Å²) in [6.45, 7) is 0. The fourth-order valence-corrected chi connectivity index (χ4v) is 1.24. The van der Waals surface area contributed by atoms with Crippen LogP contribution in [0.4, 0.5) is 0 Å². The first-order valence-corrected chi connectivity index (χ1v) is 3.36. The normalized spacial score (nSPS) is 40.9. The maximum Gasteiger partial charge on any atom is 0.108 e. The topological polar surface area (TPSA) is 12.5 Å². The van der Waals surface area contributed by atoms with Crippen molar-refractivity contribution >= 4 is 15.9 Å². The number of epoxide rings is 1. The second-order valence-electron chi connectivity index (χ2n) is 1.98. The molecule has 0 saturated carbocycles. The van der Waals surface area contributed by atoms with Crippen LogP contribution >= 0.6 is 15.9 Å². The zero-order chi connectivity index (χ0) is 5.56. The molecule has 42 valence electrons. The van der Waals surface area contributed by atoms with E-state index in [1.807, 2.05) is 6.08 Å². The largest absolute Gasteiger partial charge is 0.361 e. The lowest BCUT2D eigenvalue weighted by Crippen LogP contribution is -1.89. The van der Waals surface area contributed by atoms with Crippen molar-refractivity contribution in [1.29, 1.82) is 0 Å². The summed E-state index contributed by atoms with van der Waals surface area (Å²) >= 11 is 3.35.